The van der Waals surface area contributed by atoms with Crippen LogP contribution in [0.25, 0.3) is 0 Å². The summed E-state index contributed by atoms with van der Waals surface area (Å²) in [6.07, 6.45) is 0. The van der Waals surface area contributed by atoms with Gasteiger partial charge in [-0.25, -0.2) is 4.79 Å². The minimum atomic E-state index is -1.10. The second-order valence-corrected chi connectivity index (χ2v) is 8.32. The summed E-state index contributed by atoms with van der Waals surface area (Å²) in [6.45, 7) is 7.95. The molecule has 1 aliphatic heterocycles. The molecule has 2 amide bonds. The molecule has 1 saturated heterocycles. The predicted octanol–water partition coefficient (Wildman–Crippen LogP) is 2.53. The molecule has 0 atom stereocenters. The Morgan fingerprint density at radius 2 is 1.69 bits per heavy atom. The van der Waals surface area contributed by atoms with Gasteiger partial charge in [0.15, 0.2) is 0 Å². The number of rotatable bonds is 8. The number of piperazine rings is 1. The minimum Gasteiger partial charge on any atom is -0.478 e. The quantitative estimate of drug-likeness (QED) is 0.585. The molecule has 2 aromatic carbocycles. The zero-order valence-electron chi connectivity index (χ0n) is 18.5. The molecular weight excluding hydrogens is 408 g/mol. The van der Waals surface area contributed by atoms with Crippen molar-refractivity contribution < 1.29 is 19.5 Å². The Morgan fingerprint density at radius 3 is 2.31 bits per heavy atom. The van der Waals surface area contributed by atoms with Crippen molar-refractivity contribution in [3.8, 4) is 0 Å². The zero-order valence-corrected chi connectivity index (χ0v) is 18.5. The number of carboxylic acids is 1. The highest BCUT2D eigenvalue weighted by Gasteiger charge is 2.21. The topological polar surface area (TPSA) is 102 Å². The maximum absolute atomic E-state index is 12.4. The lowest BCUT2D eigenvalue weighted by molar-refractivity contribution is -0.122. The molecule has 0 aliphatic carbocycles. The highest BCUT2D eigenvalue weighted by molar-refractivity contribution is 6.08. The molecule has 0 aromatic heterocycles. The molecule has 8 nitrogen and oxygen atoms in total. The summed E-state index contributed by atoms with van der Waals surface area (Å²) in [5.74, 6) is -1.01. The van der Waals surface area contributed by atoms with Crippen molar-refractivity contribution in [1.29, 1.82) is 0 Å². The van der Waals surface area contributed by atoms with Gasteiger partial charge in [-0.1, -0.05) is 32.0 Å². The van der Waals surface area contributed by atoms with Gasteiger partial charge in [-0.2, -0.15) is 0 Å². The van der Waals surface area contributed by atoms with Crippen LogP contribution in [0.3, 0.4) is 0 Å². The largest absolute Gasteiger partial charge is 0.478 e. The third-order valence-corrected chi connectivity index (χ3v) is 5.33. The maximum Gasteiger partial charge on any atom is 0.337 e. The molecule has 2 aromatic rings. The molecule has 3 N–H and O–H groups in total. The van der Waals surface area contributed by atoms with E-state index in [1.165, 1.54) is 0 Å². The number of amides is 2. The van der Waals surface area contributed by atoms with Crippen LogP contribution in [0.1, 0.15) is 34.6 Å². The van der Waals surface area contributed by atoms with E-state index in [0.29, 0.717) is 50.7 Å². The van der Waals surface area contributed by atoms with Gasteiger partial charge in [0.2, 0.25) is 5.91 Å². The van der Waals surface area contributed by atoms with Crippen LogP contribution in [0.4, 0.5) is 11.4 Å². The summed E-state index contributed by atoms with van der Waals surface area (Å²) >= 11 is 0. The van der Waals surface area contributed by atoms with Gasteiger partial charge in [-0.05, 0) is 36.2 Å². The van der Waals surface area contributed by atoms with E-state index in [1.54, 1.807) is 36.4 Å². The molecule has 0 unspecified atom stereocenters. The number of hydrogen-bond acceptors (Lipinski definition) is 5. The molecule has 1 heterocycles. The Hall–Kier alpha value is -3.39. The van der Waals surface area contributed by atoms with Crippen molar-refractivity contribution >= 4 is 29.2 Å². The highest BCUT2D eigenvalue weighted by Crippen LogP contribution is 2.25. The average Bonchev–Trinajstić information content (AvgIpc) is 2.79. The Labute approximate surface area is 188 Å². The molecule has 3 rings (SSSR count). The normalized spacial score (nSPS) is 14.3. The third kappa shape index (κ3) is 6.31. The number of carbonyl (C=O) groups excluding carboxylic acids is 2. The van der Waals surface area contributed by atoms with Gasteiger partial charge < -0.3 is 20.6 Å². The van der Waals surface area contributed by atoms with E-state index < -0.39 is 5.97 Å². The van der Waals surface area contributed by atoms with Crippen molar-refractivity contribution in [2.75, 3.05) is 49.5 Å². The van der Waals surface area contributed by atoms with Gasteiger partial charge in [0.25, 0.3) is 5.91 Å². The molecule has 8 heteroatoms. The minimum absolute atomic E-state index is 0.0267. The molecule has 32 heavy (non-hydrogen) atoms. The van der Waals surface area contributed by atoms with E-state index in [2.05, 4.69) is 34.3 Å². The molecule has 0 bridgehead atoms. The zero-order chi connectivity index (χ0) is 23.1. The SMILES string of the molecule is CC(C)CNC(=O)CN1CCN(c2ccc(NC(=O)c3ccccc3)c(C(=O)O)c2)CC1. The van der Waals surface area contributed by atoms with Gasteiger partial charge in [-0.15, -0.1) is 0 Å². The first kappa shape index (κ1) is 23.3. The lowest BCUT2D eigenvalue weighted by Crippen LogP contribution is -2.49. The molecular formula is C24H30N4O4. The van der Waals surface area contributed by atoms with Crippen molar-refractivity contribution in [2.45, 2.75) is 13.8 Å². The molecule has 0 spiro atoms. The maximum atomic E-state index is 12.4. The van der Waals surface area contributed by atoms with Crippen molar-refractivity contribution in [3.05, 3.63) is 59.7 Å². The fourth-order valence-electron chi connectivity index (χ4n) is 3.54. The summed E-state index contributed by atoms with van der Waals surface area (Å²) < 4.78 is 0. The van der Waals surface area contributed by atoms with Gasteiger partial charge >= 0.3 is 5.97 Å². The summed E-state index contributed by atoms with van der Waals surface area (Å²) in [5.41, 5.74) is 1.54. The van der Waals surface area contributed by atoms with Crippen LogP contribution in [0.15, 0.2) is 48.5 Å². The second-order valence-electron chi connectivity index (χ2n) is 8.32. The smallest absolute Gasteiger partial charge is 0.337 e. The Morgan fingerprint density at radius 1 is 1.00 bits per heavy atom. The van der Waals surface area contributed by atoms with Crippen LogP contribution < -0.4 is 15.5 Å². The summed E-state index contributed by atoms with van der Waals surface area (Å²) in [4.78, 5) is 40.5. The van der Waals surface area contributed by atoms with Crippen molar-refractivity contribution in [2.24, 2.45) is 5.92 Å². The number of hydrogen-bond donors (Lipinski definition) is 3. The van der Waals surface area contributed by atoms with E-state index in [9.17, 15) is 19.5 Å². The van der Waals surface area contributed by atoms with E-state index in [-0.39, 0.29) is 23.1 Å². The fourth-order valence-corrected chi connectivity index (χ4v) is 3.54. The number of carboxylic acid groups (broad SMARTS) is 1. The number of anilines is 2. The Kier molecular flexibility index (Phi) is 7.83. The fraction of sp³-hybridized carbons (Fsp3) is 0.375. The van der Waals surface area contributed by atoms with Crippen LogP contribution in [0.2, 0.25) is 0 Å². The van der Waals surface area contributed by atoms with Gasteiger partial charge in [0.1, 0.15) is 0 Å². The average molecular weight is 439 g/mol. The number of nitrogens with zero attached hydrogens (tertiary/aromatic N) is 2. The summed E-state index contributed by atoms with van der Waals surface area (Å²) in [7, 11) is 0. The standard InChI is InChI=1S/C24H30N4O4/c1-17(2)15-25-22(29)16-27-10-12-28(13-11-27)19-8-9-21(20(14-19)24(31)32)26-23(30)18-6-4-3-5-7-18/h3-9,14,17H,10-13,15-16H2,1-2H3,(H,25,29)(H,26,30)(H,31,32). The van der Waals surface area contributed by atoms with E-state index in [4.69, 9.17) is 0 Å². The second kappa shape index (κ2) is 10.8. The van der Waals surface area contributed by atoms with Gasteiger partial charge in [-0.3, -0.25) is 14.5 Å². The van der Waals surface area contributed by atoms with Gasteiger partial charge in [0.05, 0.1) is 17.8 Å². The van der Waals surface area contributed by atoms with Crippen LogP contribution in [0.5, 0.6) is 0 Å². The number of aromatic carboxylic acids is 1. The summed E-state index contributed by atoms with van der Waals surface area (Å²) in [5, 5.41) is 15.3. The molecule has 1 aliphatic rings. The first-order valence-electron chi connectivity index (χ1n) is 10.8. The Balaban J connectivity index is 1.62. The van der Waals surface area contributed by atoms with E-state index in [0.717, 1.165) is 5.69 Å². The van der Waals surface area contributed by atoms with Crippen molar-refractivity contribution in [3.63, 3.8) is 0 Å². The van der Waals surface area contributed by atoms with Crippen LogP contribution in [-0.4, -0.2) is 67.1 Å². The number of benzene rings is 2. The lowest BCUT2D eigenvalue weighted by atomic mass is 10.1. The van der Waals surface area contributed by atoms with E-state index in [1.807, 2.05) is 12.1 Å². The first-order chi connectivity index (χ1) is 15.3. The highest BCUT2D eigenvalue weighted by atomic mass is 16.4. The number of nitrogens with one attached hydrogen (secondary N) is 2. The van der Waals surface area contributed by atoms with E-state index >= 15 is 0 Å². The molecule has 1 fully saturated rings. The van der Waals surface area contributed by atoms with Crippen LogP contribution in [-0.2, 0) is 4.79 Å². The molecule has 0 radical (unpaired) electrons. The molecule has 170 valence electrons. The van der Waals surface area contributed by atoms with Crippen molar-refractivity contribution in [1.82, 2.24) is 10.2 Å². The van der Waals surface area contributed by atoms with Crippen LogP contribution in [0, 0.1) is 5.92 Å². The van der Waals surface area contributed by atoms with Crippen LogP contribution >= 0.6 is 0 Å². The Bertz CT molecular complexity index is 954. The predicted molar refractivity (Wildman–Crippen MR) is 124 cm³/mol. The third-order valence-electron chi connectivity index (χ3n) is 5.33. The summed E-state index contributed by atoms with van der Waals surface area (Å²) in [6, 6.07) is 13.7. The number of carbonyl (C=O) groups is 3. The molecule has 0 saturated carbocycles. The lowest BCUT2D eigenvalue weighted by Gasteiger charge is -2.36. The van der Waals surface area contributed by atoms with Gasteiger partial charge in [0, 0.05) is 44.0 Å². The monoisotopic (exact) mass is 438 g/mol. The first-order valence-corrected chi connectivity index (χ1v) is 10.8.